The molecule has 8 aromatic carbocycles. The van der Waals surface area contributed by atoms with Gasteiger partial charge < -0.3 is 14.3 Å². The molecule has 0 radical (unpaired) electrons. The van der Waals surface area contributed by atoms with E-state index in [-0.39, 0.29) is 6.17 Å². The third kappa shape index (κ3) is 5.15. The van der Waals surface area contributed by atoms with Crippen molar-refractivity contribution in [3.05, 3.63) is 199 Å². The molecule has 0 amide bonds. The van der Waals surface area contributed by atoms with Crippen LogP contribution in [0.2, 0.25) is 0 Å². The standard InChI is InChI=1S/C51H32N4OS/c1-3-12-31(13-4-1)49-52-50(32-14-5-2-6-15-32)54-51(53-49)34-23-26-40-39-25-22-33(28-44(39)56-45(40)29-34)36-18-11-21-46-48(36)41-27-24-35(30-47(41)57-46)55-42-19-9-7-16-37(42)38-17-8-10-20-43(38)55/h1-30,49H,(H,52,53,54). The highest BCUT2D eigenvalue weighted by Crippen LogP contribution is 2.43. The number of aromatic nitrogens is 1. The molecular formula is C51H32N4OS. The number of hydrogen-bond donors (Lipinski definition) is 1. The number of thiophene rings is 1. The van der Waals surface area contributed by atoms with Crippen molar-refractivity contribution >= 4 is 86.9 Å². The van der Waals surface area contributed by atoms with Gasteiger partial charge in [0.25, 0.3) is 0 Å². The number of aliphatic imine (C=N–C) groups is 2. The van der Waals surface area contributed by atoms with Crippen LogP contribution in [0, 0.1) is 0 Å². The number of amidine groups is 2. The van der Waals surface area contributed by atoms with Crippen molar-refractivity contribution in [2.75, 3.05) is 0 Å². The number of para-hydroxylation sites is 2. The molecule has 1 aliphatic rings. The average Bonchev–Trinajstić information content (AvgIpc) is 3.95. The molecule has 12 rings (SSSR count). The maximum atomic E-state index is 6.66. The van der Waals surface area contributed by atoms with Crippen LogP contribution >= 0.6 is 11.3 Å². The largest absolute Gasteiger partial charge is 0.456 e. The van der Waals surface area contributed by atoms with E-state index < -0.39 is 0 Å². The predicted octanol–water partition coefficient (Wildman–Crippen LogP) is 13.2. The van der Waals surface area contributed by atoms with Crippen LogP contribution in [-0.2, 0) is 0 Å². The lowest BCUT2D eigenvalue weighted by Crippen LogP contribution is -2.33. The summed E-state index contributed by atoms with van der Waals surface area (Å²) in [5.41, 5.74) is 10.6. The molecule has 0 bridgehead atoms. The van der Waals surface area contributed by atoms with Crippen LogP contribution in [0.1, 0.15) is 22.9 Å². The lowest BCUT2D eigenvalue weighted by atomic mass is 9.98. The summed E-state index contributed by atoms with van der Waals surface area (Å²) in [6.45, 7) is 0. The molecular weight excluding hydrogens is 717 g/mol. The summed E-state index contributed by atoms with van der Waals surface area (Å²) in [4.78, 5) is 10.1. The molecule has 0 saturated heterocycles. The summed E-state index contributed by atoms with van der Waals surface area (Å²) in [6.07, 6.45) is -0.265. The zero-order chi connectivity index (χ0) is 37.5. The van der Waals surface area contributed by atoms with Crippen molar-refractivity contribution in [2.45, 2.75) is 6.17 Å². The molecule has 11 aromatic rings. The number of furan rings is 1. The molecule has 3 aromatic heterocycles. The minimum absolute atomic E-state index is 0.265. The van der Waals surface area contributed by atoms with Crippen LogP contribution in [0.25, 0.3) is 80.7 Å². The van der Waals surface area contributed by atoms with Gasteiger partial charge in [-0.25, -0.2) is 9.98 Å². The second-order valence-electron chi connectivity index (χ2n) is 14.6. The van der Waals surface area contributed by atoms with Crippen LogP contribution in [0.4, 0.5) is 0 Å². The first-order valence-corrected chi connectivity index (χ1v) is 20.0. The summed E-state index contributed by atoms with van der Waals surface area (Å²) in [7, 11) is 0. The normalized spacial score (nSPS) is 14.5. The SMILES string of the molecule is c1ccc(C2=NC(c3ccc4c(c3)oc3cc(-c5cccc6sc7cc(-n8c9ccccc9c9ccccc98)ccc7c56)ccc34)=NC(c3ccccc3)N2)cc1. The maximum Gasteiger partial charge on any atom is 0.159 e. The van der Waals surface area contributed by atoms with E-state index in [4.69, 9.17) is 14.4 Å². The number of benzene rings is 8. The van der Waals surface area contributed by atoms with E-state index in [0.29, 0.717) is 5.84 Å². The van der Waals surface area contributed by atoms with Gasteiger partial charge in [-0.05, 0) is 71.3 Å². The van der Waals surface area contributed by atoms with Gasteiger partial charge in [0, 0.05) is 58.5 Å². The number of rotatable bonds is 5. The third-order valence-corrected chi connectivity index (χ3v) is 12.4. The fourth-order valence-electron chi connectivity index (χ4n) is 8.61. The van der Waals surface area contributed by atoms with Gasteiger partial charge in [-0.3, -0.25) is 0 Å². The van der Waals surface area contributed by atoms with E-state index in [1.807, 2.05) is 47.7 Å². The molecule has 57 heavy (non-hydrogen) atoms. The lowest BCUT2D eigenvalue weighted by Gasteiger charge is -2.23. The molecule has 1 atom stereocenters. The van der Waals surface area contributed by atoms with Crippen molar-refractivity contribution in [3.8, 4) is 16.8 Å². The Bertz CT molecular complexity index is 3390. The van der Waals surface area contributed by atoms with Gasteiger partial charge in [0.2, 0.25) is 0 Å². The van der Waals surface area contributed by atoms with Gasteiger partial charge in [0.15, 0.2) is 5.84 Å². The van der Waals surface area contributed by atoms with Gasteiger partial charge in [0.05, 0.1) is 11.0 Å². The van der Waals surface area contributed by atoms with Crippen LogP contribution in [0.3, 0.4) is 0 Å². The molecule has 1 aliphatic heterocycles. The summed E-state index contributed by atoms with van der Waals surface area (Å²) >= 11 is 1.85. The molecule has 0 fully saturated rings. The molecule has 0 aliphatic carbocycles. The lowest BCUT2D eigenvalue weighted by molar-refractivity contribution is 0.667. The van der Waals surface area contributed by atoms with Crippen molar-refractivity contribution < 1.29 is 4.42 Å². The van der Waals surface area contributed by atoms with Crippen molar-refractivity contribution in [1.29, 1.82) is 0 Å². The molecule has 1 N–H and O–H groups in total. The zero-order valence-electron chi connectivity index (χ0n) is 30.6. The molecule has 4 heterocycles. The Morgan fingerprint density at radius 2 is 1.16 bits per heavy atom. The summed E-state index contributed by atoms with van der Waals surface area (Å²) in [5.74, 6) is 1.46. The summed E-state index contributed by atoms with van der Waals surface area (Å²) < 4.78 is 11.6. The van der Waals surface area contributed by atoms with Crippen molar-refractivity contribution in [1.82, 2.24) is 9.88 Å². The second-order valence-corrected chi connectivity index (χ2v) is 15.7. The highest BCUT2D eigenvalue weighted by molar-refractivity contribution is 7.26. The molecule has 1 unspecified atom stereocenters. The molecule has 268 valence electrons. The van der Waals surface area contributed by atoms with E-state index in [1.54, 1.807) is 0 Å². The minimum Gasteiger partial charge on any atom is -0.456 e. The van der Waals surface area contributed by atoms with Crippen molar-refractivity contribution in [2.24, 2.45) is 9.98 Å². The van der Waals surface area contributed by atoms with Crippen molar-refractivity contribution in [3.63, 3.8) is 0 Å². The zero-order valence-corrected chi connectivity index (χ0v) is 31.4. The Kier molecular flexibility index (Phi) is 7.09. The first-order chi connectivity index (χ1) is 28.2. The van der Waals surface area contributed by atoms with Gasteiger partial charge in [-0.15, -0.1) is 11.3 Å². The summed E-state index contributed by atoms with van der Waals surface area (Å²) in [5, 5.41) is 10.8. The molecule has 5 nitrogen and oxygen atoms in total. The van der Waals surface area contributed by atoms with E-state index in [2.05, 4.69) is 155 Å². The highest BCUT2D eigenvalue weighted by Gasteiger charge is 2.22. The van der Waals surface area contributed by atoms with Crippen LogP contribution in [0.15, 0.2) is 196 Å². The predicted molar refractivity (Wildman–Crippen MR) is 238 cm³/mol. The van der Waals surface area contributed by atoms with Crippen LogP contribution in [-0.4, -0.2) is 16.2 Å². The Morgan fingerprint density at radius 3 is 1.91 bits per heavy atom. The number of nitrogens with one attached hydrogen (secondary N) is 1. The maximum absolute atomic E-state index is 6.66. The van der Waals surface area contributed by atoms with Gasteiger partial charge in [0.1, 0.15) is 23.2 Å². The first kappa shape index (κ1) is 32.0. The van der Waals surface area contributed by atoms with Crippen LogP contribution < -0.4 is 5.32 Å². The first-order valence-electron chi connectivity index (χ1n) is 19.2. The Morgan fingerprint density at radius 1 is 0.509 bits per heavy atom. The minimum atomic E-state index is -0.265. The smallest absolute Gasteiger partial charge is 0.159 e. The van der Waals surface area contributed by atoms with E-state index >= 15 is 0 Å². The van der Waals surface area contributed by atoms with E-state index in [1.165, 1.54) is 53.2 Å². The fourth-order valence-corrected chi connectivity index (χ4v) is 9.77. The quantitative estimate of drug-likeness (QED) is 0.191. The Hall–Kier alpha value is -7.28. The molecule has 0 saturated carbocycles. The summed E-state index contributed by atoms with van der Waals surface area (Å²) in [6, 6.07) is 64.4. The van der Waals surface area contributed by atoms with Gasteiger partial charge in [-0.1, -0.05) is 127 Å². The molecule has 6 heteroatoms. The van der Waals surface area contributed by atoms with Crippen LogP contribution in [0.5, 0.6) is 0 Å². The Balaban J connectivity index is 0.945. The van der Waals surface area contributed by atoms with Gasteiger partial charge >= 0.3 is 0 Å². The van der Waals surface area contributed by atoms with Gasteiger partial charge in [-0.2, -0.15) is 0 Å². The fraction of sp³-hybridized carbons (Fsp3) is 0.0196. The number of nitrogens with zero attached hydrogens (tertiary/aromatic N) is 3. The monoisotopic (exact) mass is 748 g/mol. The van der Waals surface area contributed by atoms with E-state index in [0.717, 1.165) is 50.0 Å². The second kappa shape index (κ2) is 12.6. The third-order valence-electron chi connectivity index (χ3n) is 11.3. The average molecular weight is 749 g/mol. The highest BCUT2D eigenvalue weighted by atomic mass is 32.1. The van der Waals surface area contributed by atoms with E-state index in [9.17, 15) is 0 Å². The number of hydrogen-bond acceptors (Lipinski definition) is 5. The Labute approximate surface area is 331 Å². The number of fused-ring (bicyclic) bond motifs is 9. The topological polar surface area (TPSA) is 54.8 Å². The molecule has 0 spiro atoms.